The molecule has 1 amide bonds. The Morgan fingerprint density at radius 1 is 1.00 bits per heavy atom. The summed E-state index contributed by atoms with van der Waals surface area (Å²) >= 11 is 0. The van der Waals surface area contributed by atoms with E-state index in [1.165, 1.54) is 0 Å². The normalized spacial score (nSPS) is 30.4. The van der Waals surface area contributed by atoms with Crippen LogP contribution in [0.15, 0.2) is 29.2 Å². The van der Waals surface area contributed by atoms with E-state index < -0.39 is 10.0 Å². The maximum absolute atomic E-state index is 13.2. The fourth-order valence-corrected chi connectivity index (χ4v) is 7.40. The summed E-state index contributed by atoms with van der Waals surface area (Å²) in [6, 6.07) is 6.87. The predicted molar refractivity (Wildman–Crippen MR) is 110 cm³/mol. The minimum Gasteiger partial charge on any atom is -0.335 e. The van der Waals surface area contributed by atoms with Gasteiger partial charge in [0.25, 0.3) is 5.91 Å². The molecule has 28 heavy (non-hydrogen) atoms. The van der Waals surface area contributed by atoms with E-state index >= 15 is 0 Å². The lowest BCUT2D eigenvalue weighted by Crippen LogP contribution is -2.37. The van der Waals surface area contributed by atoms with Crippen LogP contribution in [0.1, 0.15) is 69.7 Å². The van der Waals surface area contributed by atoms with Gasteiger partial charge in [-0.1, -0.05) is 27.2 Å². The molecule has 0 spiro atoms. The highest BCUT2D eigenvalue weighted by Gasteiger charge is 2.51. The number of hydrogen-bond acceptors (Lipinski definition) is 3. The largest absolute Gasteiger partial charge is 0.335 e. The molecule has 1 aliphatic carbocycles. The van der Waals surface area contributed by atoms with Gasteiger partial charge in [-0.25, -0.2) is 8.42 Å². The van der Waals surface area contributed by atoms with E-state index in [0.29, 0.717) is 23.5 Å². The molecular weight excluding hydrogens is 372 g/mol. The van der Waals surface area contributed by atoms with Crippen LogP contribution in [0.5, 0.6) is 0 Å². The van der Waals surface area contributed by atoms with E-state index in [1.807, 2.05) is 4.90 Å². The minimum absolute atomic E-state index is 0.0355. The highest BCUT2D eigenvalue weighted by Crippen LogP contribution is 2.52. The molecule has 0 aromatic heterocycles. The van der Waals surface area contributed by atoms with Crippen molar-refractivity contribution < 1.29 is 13.2 Å². The van der Waals surface area contributed by atoms with Gasteiger partial charge in [-0.3, -0.25) is 4.79 Å². The quantitative estimate of drug-likeness (QED) is 0.768. The van der Waals surface area contributed by atoms with E-state index in [9.17, 15) is 13.2 Å². The van der Waals surface area contributed by atoms with Crippen molar-refractivity contribution in [3.8, 4) is 0 Å². The van der Waals surface area contributed by atoms with E-state index in [4.69, 9.17) is 0 Å². The number of nitrogens with zero attached hydrogens (tertiary/aromatic N) is 2. The smallest absolute Gasteiger partial charge is 0.254 e. The van der Waals surface area contributed by atoms with E-state index in [0.717, 1.165) is 45.1 Å². The van der Waals surface area contributed by atoms with Gasteiger partial charge >= 0.3 is 0 Å². The number of piperidine rings is 1. The number of sulfonamides is 1. The van der Waals surface area contributed by atoms with Gasteiger partial charge in [0.05, 0.1) is 4.90 Å². The minimum atomic E-state index is -3.45. The molecular formula is C22H32N2O3S. The van der Waals surface area contributed by atoms with Gasteiger partial charge in [0, 0.05) is 31.2 Å². The highest BCUT2D eigenvalue weighted by atomic mass is 32.2. The first kappa shape index (κ1) is 19.9. The molecule has 2 saturated heterocycles. The second-order valence-electron chi connectivity index (χ2n) is 10.1. The van der Waals surface area contributed by atoms with Crippen LogP contribution in [0.25, 0.3) is 0 Å². The maximum Gasteiger partial charge on any atom is 0.254 e. The molecule has 1 aromatic carbocycles. The second-order valence-corrected chi connectivity index (χ2v) is 12.1. The van der Waals surface area contributed by atoms with Crippen molar-refractivity contribution in [2.45, 2.75) is 70.2 Å². The summed E-state index contributed by atoms with van der Waals surface area (Å²) in [5.41, 5.74) is 1.05. The Morgan fingerprint density at radius 3 is 2.29 bits per heavy atom. The summed E-state index contributed by atoms with van der Waals surface area (Å²) in [4.78, 5) is 15.5. The molecule has 3 aliphatic rings. The molecule has 1 aromatic rings. The first-order chi connectivity index (χ1) is 13.1. The summed E-state index contributed by atoms with van der Waals surface area (Å²) in [5.74, 6) is 0.0355. The number of hydrogen-bond donors (Lipinski definition) is 0. The third-order valence-electron chi connectivity index (χ3n) is 6.73. The summed E-state index contributed by atoms with van der Waals surface area (Å²) in [7, 11) is -3.45. The summed E-state index contributed by atoms with van der Waals surface area (Å²) in [6.07, 6.45) is 6.18. The molecule has 2 heterocycles. The van der Waals surface area contributed by atoms with Crippen molar-refractivity contribution in [1.82, 2.24) is 9.21 Å². The van der Waals surface area contributed by atoms with Crippen LogP contribution in [0.4, 0.5) is 0 Å². The zero-order valence-electron chi connectivity index (χ0n) is 17.3. The van der Waals surface area contributed by atoms with E-state index in [-0.39, 0.29) is 22.8 Å². The molecule has 154 valence electrons. The lowest BCUT2D eigenvalue weighted by Gasteiger charge is -2.39. The molecule has 0 N–H and O–H groups in total. The first-order valence-corrected chi connectivity index (χ1v) is 12.0. The van der Waals surface area contributed by atoms with E-state index in [1.54, 1.807) is 28.6 Å². The Kier molecular flexibility index (Phi) is 4.86. The molecule has 2 bridgehead atoms. The van der Waals surface area contributed by atoms with Crippen molar-refractivity contribution in [3.63, 3.8) is 0 Å². The summed E-state index contributed by atoms with van der Waals surface area (Å²) in [5, 5.41) is 0. The van der Waals surface area contributed by atoms with Gasteiger partial charge in [-0.2, -0.15) is 4.31 Å². The summed E-state index contributed by atoms with van der Waals surface area (Å²) in [6.45, 7) is 8.87. The summed E-state index contributed by atoms with van der Waals surface area (Å²) < 4.78 is 27.2. The van der Waals surface area contributed by atoms with Crippen LogP contribution in [0, 0.1) is 10.8 Å². The fraction of sp³-hybridized carbons (Fsp3) is 0.682. The average molecular weight is 405 g/mol. The third-order valence-corrected chi connectivity index (χ3v) is 8.64. The average Bonchev–Trinajstić information content (AvgIpc) is 2.90. The number of amides is 1. The van der Waals surface area contributed by atoms with Gasteiger partial charge in [-0.15, -0.1) is 0 Å². The number of carbonyl (C=O) groups excluding carboxylic acids is 1. The molecule has 2 unspecified atom stereocenters. The Morgan fingerprint density at radius 2 is 1.64 bits per heavy atom. The lowest BCUT2D eigenvalue weighted by atomic mass is 9.65. The fourth-order valence-electron chi connectivity index (χ4n) is 5.89. The Balaban J connectivity index is 1.52. The van der Waals surface area contributed by atoms with Gasteiger partial charge in [0.15, 0.2) is 0 Å². The Bertz CT molecular complexity index is 856. The van der Waals surface area contributed by atoms with Crippen molar-refractivity contribution in [2.24, 2.45) is 10.8 Å². The van der Waals surface area contributed by atoms with Crippen molar-refractivity contribution >= 4 is 15.9 Å². The molecule has 0 radical (unpaired) electrons. The predicted octanol–water partition coefficient (Wildman–Crippen LogP) is 3.90. The van der Waals surface area contributed by atoms with Gasteiger partial charge < -0.3 is 4.90 Å². The number of likely N-dealkylation sites (tertiary alicyclic amines) is 1. The van der Waals surface area contributed by atoms with Crippen LogP contribution in [-0.4, -0.2) is 49.2 Å². The molecule has 1 saturated carbocycles. The van der Waals surface area contributed by atoms with Crippen molar-refractivity contribution in [2.75, 3.05) is 19.6 Å². The zero-order chi connectivity index (χ0) is 20.2. The number of carbonyl (C=O) groups is 1. The first-order valence-electron chi connectivity index (χ1n) is 10.5. The van der Waals surface area contributed by atoms with Gasteiger partial charge in [0.1, 0.15) is 0 Å². The van der Waals surface area contributed by atoms with Crippen molar-refractivity contribution in [3.05, 3.63) is 29.8 Å². The molecule has 4 rings (SSSR count). The lowest BCUT2D eigenvalue weighted by molar-refractivity contribution is 0.0708. The van der Waals surface area contributed by atoms with Gasteiger partial charge in [-0.05, 0) is 67.2 Å². The van der Waals surface area contributed by atoms with E-state index in [2.05, 4.69) is 20.8 Å². The van der Waals surface area contributed by atoms with Gasteiger partial charge in [0.2, 0.25) is 10.0 Å². The zero-order valence-corrected chi connectivity index (χ0v) is 18.1. The topological polar surface area (TPSA) is 57.7 Å². The molecule has 2 atom stereocenters. The number of fused-ring (bicyclic) bond motifs is 2. The Labute approximate surface area is 169 Å². The monoisotopic (exact) mass is 404 g/mol. The van der Waals surface area contributed by atoms with Crippen LogP contribution < -0.4 is 0 Å². The SMILES string of the molecule is CC1(C)CC2CC(C)(CN2C(=O)c2ccc(S(=O)(=O)N3CCCCC3)cc2)C1. The Hall–Kier alpha value is -1.40. The highest BCUT2D eigenvalue weighted by molar-refractivity contribution is 7.89. The molecule has 6 heteroatoms. The molecule has 5 nitrogen and oxygen atoms in total. The molecule has 3 fully saturated rings. The molecule has 2 aliphatic heterocycles. The van der Waals surface area contributed by atoms with Crippen LogP contribution in [0.2, 0.25) is 0 Å². The third kappa shape index (κ3) is 3.61. The number of benzene rings is 1. The number of rotatable bonds is 3. The second kappa shape index (κ2) is 6.84. The maximum atomic E-state index is 13.2. The van der Waals surface area contributed by atoms with Crippen LogP contribution in [0.3, 0.4) is 0 Å². The standard InChI is InChI=1S/C22H32N2O3S/c1-21(2)13-18-14-22(3,15-21)16-24(18)20(25)17-7-9-19(10-8-17)28(26,27)23-11-5-4-6-12-23/h7-10,18H,4-6,11-16H2,1-3H3. The van der Waals surface area contributed by atoms with Crippen LogP contribution >= 0.6 is 0 Å². The van der Waals surface area contributed by atoms with Crippen molar-refractivity contribution in [1.29, 1.82) is 0 Å². The van der Waals surface area contributed by atoms with Crippen LogP contribution in [-0.2, 0) is 10.0 Å².